The Morgan fingerprint density at radius 3 is 2.65 bits per heavy atom. The third kappa shape index (κ3) is 2.96. The Bertz CT molecular complexity index is 422. The smallest absolute Gasteiger partial charge is 0.160 e. The second kappa shape index (κ2) is 5.17. The SMILES string of the molecule is CC(NC1=CC(=O)[C@H](C)CC1)c1ccccc1. The van der Waals surface area contributed by atoms with Crippen LogP contribution in [-0.4, -0.2) is 5.78 Å². The van der Waals surface area contributed by atoms with Gasteiger partial charge in [0.1, 0.15) is 0 Å². The molecule has 90 valence electrons. The summed E-state index contributed by atoms with van der Waals surface area (Å²) >= 11 is 0. The number of hydrogen-bond acceptors (Lipinski definition) is 2. The first kappa shape index (κ1) is 11.9. The lowest BCUT2D eigenvalue weighted by Crippen LogP contribution is -2.24. The minimum Gasteiger partial charge on any atom is -0.382 e. The van der Waals surface area contributed by atoms with Crippen molar-refractivity contribution in [1.29, 1.82) is 0 Å². The van der Waals surface area contributed by atoms with Crippen LogP contribution in [0.5, 0.6) is 0 Å². The summed E-state index contributed by atoms with van der Waals surface area (Å²) < 4.78 is 0. The van der Waals surface area contributed by atoms with Gasteiger partial charge in [-0.05, 0) is 25.3 Å². The van der Waals surface area contributed by atoms with Crippen molar-refractivity contribution in [2.75, 3.05) is 0 Å². The van der Waals surface area contributed by atoms with Crippen molar-refractivity contribution in [2.45, 2.75) is 32.7 Å². The summed E-state index contributed by atoms with van der Waals surface area (Å²) in [5.41, 5.74) is 2.32. The third-order valence-corrected chi connectivity index (χ3v) is 3.35. The second-order valence-corrected chi connectivity index (χ2v) is 4.79. The Morgan fingerprint density at radius 2 is 2.00 bits per heavy atom. The van der Waals surface area contributed by atoms with Crippen molar-refractivity contribution >= 4 is 5.78 Å². The number of ketones is 1. The van der Waals surface area contributed by atoms with Gasteiger partial charge in [-0.2, -0.15) is 0 Å². The van der Waals surface area contributed by atoms with Crippen molar-refractivity contribution < 1.29 is 4.79 Å². The van der Waals surface area contributed by atoms with Gasteiger partial charge in [-0.15, -0.1) is 0 Å². The van der Waals surface area contributed by atoms with Crippen molar-refractivity contribution in [3.63, 3.8) is 0 Å². The van der Waals surface area contributed by atoms with Gasteiger partial charge in [-0.25, -0.2) is 0 Å². The Hall–Kier alpha value is -1.57. The van der Waals surface area contributed by atoms with Crippen LogP contribution in [0.15, 0.2) is 42.1 Å². The van der Waals surface area contributed by atoms with Crippen molar-refractivity contribution in [3.8, 4) is 0 Å². The van der Waals surface area contributed by atoms with E-state index in [4.69, 9.17) is 0 Å². The van der Waals surface area contributed by atoms with Gasteiger partial charge in [0, 0.05) is 23.7 Å². The lowest BCUT2D eigenvalue weighted by Gasteiger charge is -2.22. The Labute approximate surface area is 103 Å². The van der Waals surface area contributed by atoms with E-state index in [-0.39, 0.29) is 17.7 Å². The number of benzene rings is 1. The van der Waals surface area contributed by atoms with Crippen LogP contribution >= 0.6 is 0 Å². The molecule has 1 aromatic carbocycles. The summed E-state index contributed by atoms with van der Waals surface area (Å²) in [6, 6.07) is 10.5. The number of allylic oxidation sites excluding steroid dienone is 2. The van der Waals surface area contributed by atoms with Crippen LogP contribution in [0.25, 0.3) is 0 Å². The van der Waals surface area contributed by atoms with Gasteiger partial charge in [0.05, 0.1) is 0 Å². The molecule has 2 rings (SSSR count). The van der Waals surface area contributed by atoms with Gasteiger partial charge in [0.25, 0.3) is 0 Å². The topological polar surface area (TPSA) is 29.1 Å². The van der Waals surface area contributed by atoms with Gasteiger partial charge in [-0.3, -0.25) is 4.79 Å². The molecule has 1 unspecified atom stereocenters. The van der Waals surface area contributed by atoms with E-state index in [1.807, 2.05) is 25.1 Å². The van der Waals surface area contributed by atoms with Gasteiger partial charge < -0.3 is 5.32 Å². The summed E-state index contributed by atoms with van der Waals surface area (Å²) in [4.78, 5) is 11.6. The fraction of sp³-hybridized carbons (Fsp3) is 0.400. The maximum Gasteiger partial charge on any atom is 0.160 e. The molecule has 1 aliphatic rings. The number of nitrogens with one attached hydrogen (secondary N) is 1. The molecule has 1 aliphatic carbocycles. The Kier molecular flexibility index (Phi) is 3.62. The molecule has 2 atom stereocenters. The fourth-order valence-electron chi connectivity index (χ4n) is 2.12. The van der Waals surface area contributed by atoms with Crippen molar-refractivity contribution in [1.82, 2.24) is 5.32 Å². The van der Waals surface area contributed by atoms with Crippen LogP contribution in [0.4, 0.5) is 0 Å². The van der Waals surface area contributed by atoms with E-state index in [1.165, 1.54) is 5.56 Å². The molecule has 0 aliphatic heterocycles. The van der Waals surface area contributed by atoms with E-state index < -0.39 is 0 Å². The van der Waals surface area contributed by atoms with Crippen LogP contribution in [0, 0.1) is 5.92 Å². The van der Waals surface area contributed by atoms with E-state index in [0.29, 0.717) is 0 Å². The standard InChI is InChI=1S/C15H19NO/c1-11-8-9-14(10-15(11)17)16-12(2)13-6-4-3-5-7-13/h3-7,10-12,16H,8-9H2,1-2H3/t11-,12?/m1/s1. The van der Waals surface area contributed by atoms with Crippen molar-refractivity contribution in [2.24, 2.45) is 5.92 Å². The van der Waals surface area contributed by atoms with Crippen LogP contribution in [-0.2, 0) is 4.79 Å². The molecule has 1 N–H and O–H groups in total. The first-order chi connectivity index (χ1) is 8.16. The van der Waals surface area contributed by atoms with Crippen LogP contribution < -0.4 is 5.32 Å². The fourth-order valence-corrected chi connectivity index (χ4v) is 2.12. The molecule has 0 aromatic heterocycles. The third-order valence-electron chi connectivity index (χ3n) is 3.35. The summed E-state index contributed by atoms with van der Waals surface area (Å²) in [6.07, 6.45) is 3.71. The maximum absolute atomic E-state index is 11.6. The zero-order valence-corrected chi connectivity index (χ0v) is 10.4. The van der Waals surface area contributed by atoms with E-state index in [2.05, 4.69) is 24.4 Å². The minimum absolute atomic E-state index is 0.188. The molecule has 1 aromatic rings. The molecule has 17 heavy (non-hydrogen) atoms. The highest BCUT2D eigenvalue weighted by molar-refractivity contribution is 5.92. The quantitative estimate of drug-likeness (QED) is 0.862. The van der Waals surface area contributed by atoms with Gasteiger partial charge in [-0.1, -0.05) is 37.3 Å². The largest absolute Gasteiger partial charge is 0.382 e. The van der Waals surface area contributed by atoms with E-state index >= 15 is 0 Å². The predicted octanol–water partition coefficient (Wildman–Crippen LogP) is 3.22. The van der Waals surface area contributed by atoms with Crippen LogP contribution in [0.3, 0.4) is 0 Å². The first-order valence-electron chi connectivity index (χ1n) is 6.22. The zero-order chi connectivity index (χ0) is 12.3. The van der Waals surface area contributed by atoms with Crippen LogP contribution in [0.1, 0.15) is 38.3 Å². The van der Waals surface area contributed by atoms with E-state index in [9.17, 15) is 4.79 Å². The Balaban J connectivity index is 2.03. The molecule has 0 spiro atoms. The second-order valence-electron chi connectivity index (χ2n) is 4.79. The molecule has 0 fully saturated rings. The molecule has 0 heterocycles. The number of carbonyl (C=O) groups is 1. The molecule has 2 nitrogen and oxygen atoms in total. The molecule has 2 heteroatoms. The zero-order valence-electron chi connectivity index (χ0n) is 10.4. The van der Waals surface area contributed by atoms with Crippen LogP contribution in [0.2, 0.25) is 0 Å². The number of hydrogen-bond donors (Lipinski definition) is 1. The normalized spacial score (nSPS) is 21.9. The number of carbonyl (C=O) groups excluding carboxylic acids is 1. The summed E-state index contributed by atoms with van der Waals surface area (Å²) in [6.45, 7) is 4.12. The highest BCUT2D eigenvalue weighted by atomic mass is 16.1. The van der Waals surface area contributed by atoms with Gasteiger partial charge in [0.15, 0.2) is 5.78 Å². The summed E-state index contributed by atoms with van der Waals surface area (Å²) in [7, 11) is 0. The molecule has 0 saturated carbocycles. The average Bonchev–Trinajstić information content (AvgIpc) is 2.35. The molecular weight excluding hydrogens is 210 g/mol. The highest BCUT2D eigenvalue weighted by Crippen LogP contribution is 2.21. The van der Waals surface area contributed by atoms with E-state index in [0.717, 1.165) is 18.5 Å². The van der Waals surface area contributed by atoms with Crippen molar-refractivity contribution in [3.05, 3.63) is 47.7 Å². The van der Waals surface area contributed by atoms with Gasteiger partial charge >= 0.3 is 0 Å². The molecule has 0 bridgehead atoms. The monoisotopic (exact) mass is 229 g/mol. The lowest BCUT2D eigenvalue weighted by atomic mass is 9.92. The minimum atomic E-state index is 0.188. The number of rotatable bonds is 3. The average molecular weight is 229 g/mol. The lowest BCUT2D eigenvalue weighted by molar-refractivity contribution is -0.118. The highest BCUT2D eigenvalue weighted by Gasteiger charge is 2.18. The molecule has 0 amide bonds. The predicted molar refractivity (Wildman–Crippen MR) is 69.5 cm³/mol. The molecule has 0 saturated heterocycles. The molecular formula is C15H19NO. The maximum atomic E-state index is 11.6. The summed E-state index contributed by atoms with van der Waals surface area (Å²) in [5.74, 6) is 0.437. The molecule has 0 radical (unpaired) electrons. The van der Waals surface area contributed by atoms with E-state index in [1.54, 1.807) is 6.08 Å². The summed E-state index contributed by atoms with van der Waals surface area (Å²) in [5, 5.41) is 3.43. The first-order valence-corrected chi connectivity index (χ1v) is 6.22. The Morgan fingerprint density at radius 1 is 1.29 bits per heavy atom. The van der Waals surface area contributed by atoms with Gasteiger partial charge in [0.2, 0.25) is 0 Å².